The summed E-state index contributed by atoms with van der Waals surface area (Å²) in [4.78, 5) is 13.0. The van der Waals surface area contributed by atoms with Gasteiger partial charge in [0.05, 0.1) is 6.10 Å². The maximum absolute atomic E-state index is 13.0. The zero-order valence-electron chi connectivity index (χ0n) is 22.6. The average molecular weight is 473 g/mol. The Morgan fingerprint density at radius 3 is 2.24 bits per heavy atom. The summed E-state index contributed by atoms with van der Waals surface area (Å²) in [6.07, 6.45) is 10.6. The van der Waals surface area contributed by atoms with E-state index in [2.05, 4.69) is 34.6 Å². The van der Waals surface area contributed by atoms with Gasteiger partial charge in [0.1, 0.15) is 6.10 Å². The van der Waals surface area contributed by atoms with E-state index in [9.17, 15) is 15.0 Å². The molecule has 4 aliphatic carbocycles. The summed E-state index contributed by atoms with van der Waals surface area (Å²) in [5, 5.41) is 22.6. The van der Waals surface area contributed by atoms with Crippen LogP contribution in [0.3, 0.4) is 0 Å². The Hall–Kier alpha value is -0.870. The van der Waals surface area contributed by atoms with E-state index in [-0.39, 0.29) is 39.8 Å². The van der Waals surface area contributed by atoms with Gasteiger partial charge in [0.15, 0.2) is 5.60 Å². The lowest BCUT2D eigenvalue weighted by Crippen LogP contribution is -2.64. The highest BCUT2D eigenvalue weighted by Crippen LogP contribution is 2.76. The number of aliphatic hydroxyl groups is 2. The predicted molar refractivity (Wildman–Crippen MR) is 134 cm³/mol. The van der Waals surface area contributed by atoms with Gasteiger partial charge in [-0.25, -0.2) is 4.79 Å². The molecule has 0 aromatic carbocycles. The topological polar surface area (TPSA) is 66.8 Å². The van der Waals surface area contributed by atoms with Gasteiger partial charge in [-0.15, -0.1) is 0 Å². The maximum Gasteiger partial charge on any atom is 0.339 e. The monoisotopic (exact) mass is 472 g/mol. The van der Waals surface area contributed by atoms with Crippen molar-refractivity contribution in [3.8, 4) is 0 Å². The number of ether oxygens (including phenoxy) is 1. The van der Waals surface area contributed by atoms with Crippen molar-refractivity contribution in [3.63, 3.8) is 0 Å². The normalized spacial score (nSPS) is 54.0. The van der Waals surface area contributed by atoms with Crippen molar-refractivity contribution < 1.29 is 19.7 Å². The van der Waals surface area contributed by atoms with Crippen LogP contribution in [-0.2, 0) is 9.53 Å². The molecular weight excluding hydrogens is 424 g/mol. The molecule has 2 N–H and O–H groups in total. The number of allylic oxidation sites excluding steroid dienone is 1. The molecule has 0 radical (unpaired) electrons. The number of carbonyl (C=O) groups is 1. The van der Waals surface area contributed by atoms with Crippen LogP contribution in [-0.4, -0.2) is 34.0 Å². The molecule has 1 heterocycles. The number of cyclic esters (lactones) is 1. The molecular formula is C30H48O4. The first-order valence-corrected chi connectivity index (χ1v) is 14.0. The quantitative estimate of drug-likeness (QED) is 0.379. The molecule has 1 aliphatic heterocycles. The van der Waals surface area contributed by atoms with Crippen LogP contribution in [0, 0.1) is 45.3 Å². The van der Waals surface area contributed by atoms with Crippen molar-refractivity contribution in [1.82, 2.24) is 0 Å². The minimum atomic E-state index is -1.35. The molecule has 4 saturated carbocycles. The van der Waals surface area contributed by atoms with Gasteiger partial charge in [0, 0.05) is 12.3 Å². The SMILES string of the molecule is CC(C)=C[C@H]1C[C@@](O)(C2CC[C@]3(C)C2CCC2[C@@]4(C)CC[C@H](O)C(C)(C)C4CC[C@]23C)C(=O)O1. The van der Waals surface area contributed by atoms with Crippen LogP contribution in [0.2, 0.25) is 0 Å². The number of esters is 1. The van der Waals surface area contributed by atoms with Crippen molar-refractivity contribution >= 4 is 5.97 Å². The van der Waals surface area contributed by atoms with Crippen molar-refractivity contribution in [2.75, 3.05) is 0 Å². The van der Waals surface area contributed by atoms with Gasteiger partial charge in [0.25, 0.3) is 0 Å². The average Bonchev–Trinajstić information content (AvgIpc) is 3.22. The lowest BCUT2D eigenvalue weighted by molar-refractivity contribution is -0.225. The Morgan fingerprint density at radius 2 is 1.56 bits per heavy atom. The summed E-state index contributed by atoms with van der Waals surface area (Å²) >= 11 is 0. The summed E-state index contributed by atoms with van der Waals surface area (Å²) < 4.78 is 5.68. The third-order valence-electron chi connectivity index (χ3n) is 12.6. The first-order chi connectivity index (χ1) is 15.7. The Labute approximate surface area is 206 Å². The smallest absolute Gasteiger partial charge is 0.339 e. The number of aliphatic hydroxyl groups excluding tert-OH is 1. The van der Waals surface area contributed by atoms with Crippen LogP contribution >= 0.6 is 0 Å². The minimum Gasteiger partial charge on any atom is -0.456 e. The molecule has 0 aromatic rings. The Morgan fingerprint density at radius 1 is 0.882 bits per heavy atom. The van der Waals surface area contributed by atoms with Crippen LogP contribution in [0.15, 0.2) is 11.6 Å². The Kier molecular flexibility index (Phi) is 5.52. The lowest BCUT2D eigenvalue weighted by Gasteiger charge is -2.70. The van der Waals surface area contributed by atoms with Gasteiger partial charge in [-0.05, 0) is 111 Å². The fourth-order valence-electron chi connectivity index (χ4n) is 10.7. The predicted octanol–water partition coefficient (Wildman–Crippen LogP) is 6.05. The molecule has 4 nitrogen and oxygen atoms in total. The number of rotatable bonds is 2. The molecule has 0 bridgehead atoms. The molecule has 10 atom stereocenters. The van der Waals surface area contributed by atoms with Crippen LogP contribution in [0.4, 0.5) is 0 Å². The first kappa shape index (κ1) is 24.8. The van der Waals surface area contributed by atoms with Gasteiger partial charge in [-0.2, -0.15) is 0 Å². The molecule has 0 spiro atoms. The van der Waals surface area contributed by atoms with E-state index in [4.69, 9.17) is 4.74 Å². The molecule has 4 heteroatoms. The molecule has 1 saturated heterocycles. The highest BCUT2D eigenvalue weighted by molar-refractivity contribution is 5.82. The Balaban J connectivity index is 1.46. The Bertz CT molecular complexity index is 888. The van der Waals surface area contributed by atoms with E-state index in [1.54, 1.807) is 0 Å². The van der Waals surface area contributed by atoms with Crippen LogP contribution in [0.5, 0.6) is 0 Å². The van der Waals surface area contributed by atoms with Crippen molar-refractivity contribution in [2.45, 2.75) is 124 Å². The van der Waals surface area contributed by atoms with Crippen molar-refractivity contribution in [2.24, 2.45) is 45.3 Å². The van der Waals surface area contributed by atoms with Gasteiger partial charge >= 0.3 is 5.97 Å². The highest BCUT2D eigenvalue weighted by atomic mass is 16.6. The third-order valence-corrected chi connectivity index (χ3v) is 12.6. The lowest BCUT2D eigenvalue weighted by atomic mass is 9.35. The second-order valence-electron chi connectivity index (χ2n) is 14.5. The van der Waals surface area contributed by atoms with Crippen LogP contribution in [0.1, 0.15) is 106 Å². The van der Waals surface area contributed by atoms with Crippen molar-refractivity contribution in [1.29, 1.82) is 0 Å². The van der Waals surface area contributed by atoms with Gasteiger partial charge in [0.2, 0.25) is 0 Å². The second kappa shape index (κ2) is 7.57. The van der Waals surface area contributed by atoms with Crippen LogP contribution < -0.4 is 0 Å². The first-order valence-electron chi connectivity index (χ1n) is 14.0. The van der Waals surface area contributed by atoms with E-state index in [0.717, 1.165) is 37.7 Å². The molecule has 34 heavy (non-hydrogen) atoms. The standard InChI is InChI=1S/C30H48O4/c1-18(2)16-19-17-30(33,25(32)34-19)21-10-14-28(6)20(21)8-9-23-27(5)13-12-24(31)26(3,4)22(27)11-15-29(23,28)7/h16,19-24,31,33H,8-15,17H2,1-7H3/t19-,20?,21?,22?,23?,24-,27-,28+,29+,30+/m0/s1. The zero-order valence-corrected chi connectivity index (χ0v) is 22.6. The maximum atomic E-state index is 13.0. The number of hydrogen-bond donors (Lipinski definition) is 2. The summed E-state index contributed by atoms with van der Waals surface area (Å²) in [5.74, 6) is 1.15. The third kappa shape index (κ3) is 3.06. The van der Waals surface area contributed by atoms with Gasteiger partial charge in [-0.3, -0.25) is 0 Å². The van der Waals surface area contributed by atoms with Crippen molar-refractivity contribution in [3.05, 3.63) is 11.6 Å². The van der Waals surface area contributed by atoms with E-state index in [0.29, 0.717) is 24.2 Å². The van der Waals surface area contributed by atoms with E-state index >= 15 is 0 Å². The highest BCUT2D eigenvalue weighted by Gasteiger charge is 2.71. The fraction of sp³-hybridized carbons (Fsp3) is 0.900. The summed E-state index contributed by atoms with van der Waals surface area (Å²) in [6, 6.07) is 0. The molecule has 192 valence electrons. The number of carbonyl (C=O) groups excluding carboxylic acids is 1. The summed E-state index contributed by atoms with van der Waals surface area (Å²) in [7, 11) is 0. The zero-order chi connectivity index (χ0) is 24.9. The largest absolute Gasteiger partial charge is 0.456 e. The molecule has 0 amide bonds. The second-order valence-corrected chi connectivity index (χ2v) is 14.5. The number of fused-ring (bicyclic) bond motifs is 5. The van der Waals surface area contributed by atoms with Crippen LogP contribution in [0.25, 0.3) is 0 Å². The molecule has 5 aliphatic rings. The summed E-state index contributed by atoms with van der Waals surface area (Å²) in [6.45, 7) is 16.2. The molecule has 4 unspecified atom stereocenters. The van der Waals surface area contributed by atoms with E-state index < -0.39 is 11.6 Å². The minimum absolute atomic E-state index is 0.00603. The van der Waals surface area contributed by atoms with E-state index in [1.165, 1.54) is 19.3 Å². The fourth-order valence-corrected chi connectivity index (χ4v) is 10.7. The van der Waals surface area contributed by atoms with E-state index in [1.807, 2.05) is 19.9 Å². The molecule has 5 rings (SSSR count). The summed E-state index contributed by atoms with van der Waals surface area (Å²) in [5.41, 5.74) is 0.315. The molecule has 5 fully saturated rings. The molecule has 0 aromatic heterocycles. The number of hydrogen-bond acceptors (Lipinski definition) is 4. The van der Waals surface area contributed by atoms with Gasteiger partial charge < -0.3 is 14.9 Å². The van der Waals surface area contributed by atoms with Gasteiger partial charge in [-0.1, -0.05) is 40.2 Å².